The highest BCUT2D eigenvalue weighted by molar-refractivity contribution is 5.79. The molecule has 3 rings (SSSR count). The first-order valence-corrected chi connectivity index (χ1v) is 7.53. The molecule has 2 aromatic carbocycles. The number of amides is 1. The largest absolute Gasteiger partial charge is 0.496 e. The minimum Gasteiger partial charge on any atom is -0.496 e. The van der Waals surface area contributed by atoms with Crippen molar-refractivity contribution in [3.8, 4) is 17.2 Å². The molecular weight excluding hydrogens is 294 g/mol. The minimum atomic E-state index is -0.0515. The molecule has 1 N–H and O–H groups in total. The monoisotopic (exact) mass is 313 g/mol. The Balaban J connectivity index is 1.58. The summed E-state index contributed by atoms with van der Waals surface area (Å²) in [5.74, 6) is 2.15. The maximum absolute atomic E-state index is 12.1. The van der Waals surface area contributed by atoms with Gasteiger partial charge in [-0.25, -0.2) is 0 Å². The van der Waals surface area contributed by atoms with Gasteiger partial charge in [-0.1, -0.05) is 24.3 Å². The zero-order chi connectivity index (χ0) is 16.1. The Bertz CT molecular complexity index is 699. The first-order chi connectivity index (χ1) is 11.3. The van der Waals surface area contributed by atoms with Crippen molar-refractivity contribution in [1.29, 1.82) is 0 Å². The minimum absolute atomic E-state index is 0.0515. The average Bonchev–Trinajstić information content (AvgIpc) is 2.60. The van der Waals surface area contributed by atoms with Gasteiger partial charge in [-0.2, -0.15) is 0 Å². The Morgan fingerprint density at radius 2 is 1.91 bits per heavy atom. The van der Waals surface area contributed by atoms with Crippen molar-refractivity contribution in [2.75, 3.05) is 20.3 Å². The summed E-state index contributed by atoms with van der Waals surface area (Å²) in [4.78, 5) is 12.1. The smallest absolute Gasteiger partial charge is 0.224 e. The fourth-order valence-corrected chi connectivity index (χ4v) is 2.48. The molecule has 1 aliphatic rings. The van der Waals surface area contributed by atoms with Crippen molar-refractivity contribution >= 4 is 5.91 Å². The third-order valence-corrected chi connectivity index (χ3v) is 3.64. The van der Waals surface area contributed by atoms with E-state index in [1.54, 1.807) is 7.11 Å². The Labute approximate surface area is 135 Å². The highest BCUT2D eigenvalue weighted by atomic mass is 16.6. The van der Waals surface area contributed by atoms with Crippen LogP contribution in [0.1, 0.15) is 11.1 Å². The van der Waals surface area contributed by atoms with Crippen LogP contribution >= 0.6 is 0 Å². The number of methoxy groups -OCH3 is 1. The van der Waals surface area contributed by atoms with Gasteiger partial charge in [0.1, 0.15) is 19.0 Å². The molecule has 0 unspecified atom stereocenters. The molecule has 23 heavy (non-hydrogen) atoms. The van der Waals surface area contributed by atoms with Crippen LogP contribution in [-0.2, 0) is 17.8 Å². The molecule has 0 atom stereocenters. The number of benzene rings is 2. The lowest BCUT2D eigenvalue weighted by Gasteiger charge is -2.19. The van der Waals surface area contributed by atoms with Gasteiger partial charge >= 0.3 is 0 Å². The number of nitrogens with one attached hydrogen (secondary N) is 1. The van der Waals surface area contributed by atoms with Crippen molar-refractivity contribution in [3.05, 3.63) is 53.6 Å². The lowest BCUT2D eigenvalue weighted by atomic mass is 10.1. The summed E-state index contributed by atoms with van der Waals surface area (Å²) in [7, 11) is 1.60. The highest BCUT2D eigenvalue weighted by Crippen LogP contribution is 2.30. The van der Waals surface area contributed by atoms with Crippen LogP contribution < -0.4 is 19.5 Å². The van der Waals surface area contributed by atoms with E-state index < -0.39 is 0 Å². The van der Waals surface area contributed by atoms with Crippen molar-refractivity contribution in [1.82, 2.24) is 5.32 Å². The second-order valence-corrected chi connectivity index (χ2v) is 5.24. The topological polar surface area (TPSA) is 56.8 Å². The SMILES string of the molecule is COc1ccccc1CC(=O)NCc1ccc2c(c1)OCCO2. The summed E-state index contributed by atoms with van der Waals surface area (Å²) >= 11 is 0. The van der Waals surface area contributed by atoms with E-state index in [1.807, 2.05) is 42.5 Å². The lowest BCUT2D eigenvalue weighted by molar-refractivity contribution is -0.120. The van der Waals surface area contributed by atoms with Crippen LogP contribution in [0.2, 0.25) is 0 Å². The number of rotatable bonds is 5. The molecule has 0 bridgehead atoms. The quantitative estimate of drug-likeness (QED) is 0.920. The predicted octanol–water partition coefficient (Wildman–Crippen LogP) is 2.33. The zero-order valence-corrected chi connectivity index (χ0v) is 13.0. The Kier molecular flexibility index (Phi) is 4.66. The highest BCUT2D eigenvalue weighted by Gasteiger charge is 2.12. The number of carbonyl (C=O) groups excluding carboxylic acids is 1. The summed E-state index contributed by atoms with van der Waals surface area (Å²) in [6, 6.07) is 13.2. The predicted molar refractivity (Wildman–Crippen MR) is 86.0 cm³/mol. The van der Waals surface area contributed by atoms with Crippen LogP contribution in [0.15, 0.2) is 42.5 Å². The summed E-state index contributed by atoms with van der Waals surface area (Å²) in [5, 5.41) is 2.91. The van der Waals surface area contributed by atoms with Crippen molar-refractivity contribution in [2.24, 2.45) is 0 Å². The standard InChI is InChI=1S/C18H19NO4/c1-21-15-5-3-2-4-14(15)11-18(20)19-12-13-6-7-16-17(10-13)23-9-8-22-16/h2-7,10H,8-9,11-12H2,1H3,(H,19,20). The molecule has 5 heteroatoms. The molecule has 1 aliphatic heterocycles. The molecule has 0 radical (unpaired) electrons. The Morgan fingerprint density at radius 1 is 1.13 bits per heavy atom. The molecule has 2 aromatic rings. The normalized spacial score (nSPS) is 12.6. The van der Waals surface area contributed by atoms with Crippen LogP contribution in [0, 0.1) is 0 Å². The fourth-order valence-electron chi connectivity index (χ4n) is 2.48. The molecule has 1 heterocycles. The van der Waals surface area contributed by atoms with E-state index in [2.05, 4.69) is 5.32 Å². The van der Waals surface area contributed by atoms with Gasteiger partial charge in [0.2, 0.25) is 5.91 Å². The van der Waals surface area contributed by atoms with Gasteiger partial charge in [0.15, 0.2) is 11.5 Å². The van der Waals surface area contributed by atoms with Crippen LogP contribution in [0.3, 0.4) is 0 Å². The number of hydrogen-bond acceptors (Lipinski definition) is 4. The van der Waals surface area contributed by atoms with Crippen molar-refractivity contribution < 1.29 is 19.0 Å². The third-order valence-electron chi connectivity index (χ3n) is 3.64. The van der Waals surface area contributed by atoms with Gasteiger partial charge in [0, 0.05) is 12.1 Å². The molecular formula is C18H19NO4. The second-order valence-electron chi connectivity index (χ2n) is 5.24. The maximum atomic E-state index is 12.1. The first kappa shape index (κ1) is 15.2. The molecule has 5 nitrogen and oxygen atoms in total. The molecule has 0 saturated carbocycles. The first-order valence-electron chi connectivity index (χ1n) is 7.53. The van der Waals surface area contributed by atoms with Gasteiger partial charge < -0.3 is 19.5 Å². The van der Waals surface area contributed by atoms with E-state index in [1.165, 1.54) is 0 Å². The Hall–Kier alpha value is -2.69. The number of fused-ring (bicyclic) bond motifs is 1. The molecule has 0 aliphatic carbocycles. The molecule has 0 aromatic heterocycles. The number of carbonyl (C=O) groups is 1. The summed E-state index contributed by atoms with van der Waals surface area (Å²) in [5.41, 5.74) is 1.84. The van der Waals surface area contributed by atoms with Crippen LogP contribution in [0.25, 0.3) is 0 Å². The summed E-state index contributed by atoms with van der Waals surface area (Å²) in [6.45, 7) is 1.57. The maximum Gasteiger partial charge on any atom is 0.224 e. The van der Waals surface area contributed by atoms with Crippen LogP contribution in [-0.4, -0.2) is 26.2 Å². The number of para-hydroxylation sites is 1. The van der Waals surface area contributed by atoms with Gasteiger partial charge in [-0.15, -0.1) is 0 Å². The molecule has 0 saturated heterocycles. The average molecular weight is 313 g/mol. The molecule has 120 valence electrons. The van der Waals surface area contributed by atoms with E-state index in [0.717, 1.165) is 28.4 Å². The van der Waals surface area contributed by atoms with Gasteiger partial charge in [0.25, 0.3) is 0 Å². The molecule has 0 fully saturated rings. The van der Waals surface area contributed by atoms with Gasteiger partial charge in [-0.05, 0) is 23.8 Å². The van der Waals surface area contributed by atoms with Crippen molar-refractivity contribution in [2.45, 2.75) is 13.0 Å². The van der Waals surface area contributed by atoms with E-state index in [4.69, 9.17) is 14.2 Å². The van der Waals surface area contributed by atoms with E-state index in [0.29, 0.717) is 19.8 Å². The number of hydrogen-bond donors (Lipinski definition) is 1. The molecule has 0 spiro atoms. The van der Waals surface area contributed by atoms with Crippen molar-refractivity contribution in [3.63, 3.8) is 0 Å². The van der Waals surface area contributed by atoms with Gasteiger partial charge in [0.05, 0.1) is 13.5 Å². The molecule has 1 amide bonds. The number of ether oxygens (including phenoxy) is 3. The van der Waals surface area contributed by atoms with Crippen LogP contribution in [0.4, 0.5) is 0 Å². The summed E-state index contributed by atoms with van der Waals surface area (Å²) in [6.07, 6.45) is 0.286. The summed E-state index contributed by atoms with van der Waals surface area (Å²) < 4.78 is 16.3. The fraction of sp³-hybridized carbons (Fsp3) is 0.278. The van der Waals surface area contributed by atoms with E-state index >= 15 is 0 Å². The van der Waals surface area contributed by atoms with E-state index in [-0.39, 0.29) is 12.3 Å². The second kappa shape index (κ2) is 7.05. The van der Waals surface area contributed by atoms with Gasteiger partial charge in [-0.3, -0.25) is 4.79 Å². The zero-order valence-electron chi connectivity index (χ0n) is 13.0. The van der Waals surface area contributed by atoms with Crippen LogP contribution in [0.5, 0.6) is 17.2 Å². The Morgan fingerprint density at radius 3 is 2.74 bits per heavy atom. The third kappa shape index (κ3) is 3.74. The lowest BCUT2D eigenvalue weighted by Crippen LogP contribution is -2.25. The van der Waals surface area contributed by atoms with E-state index in [9.17, 15) is 4.79 Å².